The van der Waals surface area contributed by atoms with Crippen LogP contribution in [0, 0.1) is 20.2 Å². The van der Waals surface area contributed by atoms with Gasteiger partial charge in [0.25, 0.3) is 16.9 Å². The molecule has 0 fully saturated rings. The van der Waals surface area contributed by atoms with Crippen LogP contribution in [0.25, 0.3) is 16.9 Å². The largest absolute Gasteiger partial charge is 0.466 e. The third-order valence-corrected chi connectivity index (χ3v) is 4.25. The fourth-order valence-corrected chi connectivity index (χ4v) is 2.85. The molecule has 0 bridgehead atoms. The smallest absolute Gasteiger partial charge is 0.302 e. The van der Waals surface area contributed by atoms with Gasteiger partial charge in [-0.15, -0.1) is 0 Å². The van der Waals surface area contributed by atoms with Gasteiger partial charge in [0.2, 0.25) is 0 Å². The topological polar surface area (TPSA) is 165 Å². The number of ether oxygens (including phenoxy) is 1. The average Bonchev–Trinajstić information content (AvgIpc) is 3.11. The summed E-state index contributed by atoms with van der Waals surface area (Å²) in [5, 5.41) is 22.3. The molecule has 0 spiro atoms. The van der Waals surface area contributed by atoms with E-state index in [0.29, 0.717) is 25.0 Å². The predicted octanol–water partition coefficient (Wildman–Crippen LogP) is 1.74. The Hall–Kier alpha value is -4.16. The summed E-state index contributed by atoms with van der Waals surface area (Å²) in [5.41, 5.74) is -1.56. The molecule has 3 rings (SSSR count). The maximum atomic E-state index is 12.8. The Kier molecular flexibility index (Phi) is 5.80. The number of imidazole rings is 1. The van der Waals surface area contributed by atoms with E-state index in [1.165, 1.54) is 13.3 Å². The number of non-ortho nitro benzene ring substituents is 1. The van der Waals surface area contributed by atoms with Gasteiger partial charge in [0.05, 0.1) is 28.8 Å². The highest BCUT2D eigenvalue weighted by molar-refractivity contribution is 5.70. The van der Waals surface area contributed by atoms with Crippen molar-refractivity contribution in [3.8, 4) is 5.69 Å². The molecule has 0 N–H and O–H groups in total. The molecule has 0 amide bonds. The first-order chi connectivity index (χ1) is 14.3. The number of nitro benzene ring substituents is 2. The van der Waals surface area contributed by atoms with E-state index in [1.807, 2.05) is 0 Å². The van der Waals surface area contributed by atoms with Crippen molar-refractivity contribution in [3.63, 3.8) is 0 Å². The van der Waals surface area contributed by atoms with Crippen molar-refractivity contribution in [2.45, 2.75) is 26.3 Å². The first-order valence-electron chi connectivity index (χ1n) is 8.78. The maximum absolute atomic E-state index is 12.8. The predicted molar refractivity (Wildman–Crippen MR) is 102 cm³/mol. The molecular formula is C17H16N6O7. The van der Waals surface area contributed by atoms with Gasteiger partial charge in [-0.3, -0.25) is 34.4 Å². The number of carbonyl (C=O) groups excluding carboxylic acids is 1. The van der Waals surface area contributed by atoms with Gasteiger partial charge >= 0.3 is 5.97 Å². The van der Waals surface area contributed by atoms with Crippen molar-refractivity contribution in [2.24, 2.45) is 0 Å². The Morgan fingerprint density at radius 3 is 2.57 bits per heavy atom. The highest BCUT2D eigenvalue weighted by atomic mass is 16.6. The van der Waals surface area contributed by atoms with E-state index in [2.05, 4.69) is 9.97 Å². The van der Waals surface area contributed by atoms with E-state index in [-0.39, 0.29) is 23.8 Å². The zero-order chi connectivity index (χ0) is 21.8. The lowest BCUT2D eigenvalue weighted by Crippen LogP contribution is -2.20. The summed E-state index contributed by atoms with van der Waals surface area (Å²) in [7, 11) is 0. The molecular weight excluding hydrogens is 400 g/mol. The van der Waals surface area contributed by atoms with Crippen molar-refractivity contribution in [2.75, 3.05) is 6.61 Å². The highest BCUT2D eigenvalue weighted by Gasteiger charge is 2.22. The zero-order valence-electron chi connectivity index (χ0n) is 15.8. The minimum absolute atomic E-state index is 0.00476. The van der Waals surface area contributed by atoms with Crippen molar-refractivity contribution in [1.82, 2.24) is 19.1 Å². The molecule has 156 valence electrons. The fourth-order valence-electron chi connectivity index (χ4n) is 2.85. The number of aromatic nitrogens is 4. The number of esters is 1. The molecule has 0 saturated heterocycles. The number of hydrogen-bond donors (Lipinski definition) is 0. The first kappa shape index (κ1) is 20.6. The summed E-state index contributed by atoms with van der Waals surface area (Å²) < 4.78 is 7.44. The van der Waals surface area contributed by atoms with E-state index in [9.17, 15) is 29.8 Å². The lowest BCUT2D eigenvalue weighted by atomic mass is 10.2. The normalized spacial score (nSPS) is 10.8. The second kappa shape index (κ2) is 8.46. The molecule has 1 aromatic carbocycles. The van der Waals surface area contributed by atoms with E-state index in [1.54, 1.807) is 4.57 Å². The van der Waals surface area contributed by atoms with Gasteiger partial charge in [-0.05, 0) is 18.9 Å². The van der Waals surface area contributed by atoms with E-state index >= 15 is 0 Å². The first-order valence-corrected chi connectivity index (χ1v) is 8.78. The maximum Gasteiger partial charge on any atom is 0.302 e. The number of unbranched alkanes of at least 4 members (excludes halogenated alkanes) is 1. The lowest BCUT2D eigenvalue weighted by molar-refractivity contribution is -0.394. The minimum Gasteiger partial charge on any atom is -0.466 e. The SMILES string of the molecule is CC(=O)OCCCCn1cnc2c(=O)n(-c3ccc([N+](=O)[O-])cc3[N+](=O)[O-])cnc21. The highest BCUT2D eigenvalue weighted by Crippen LogP contribution is 2.27. The quantitative estimate of drug-likeness (QED) is 0.230. The van der Waals surface area contributed by atoms with Crippen molar-refractivity contribution in [3.05, 3.63) is 61.4 Å². The van der Waals surface area contributed by atoms with Crippen LogP contribution < -0.4 is 5.56 Å². The molecule has 3 aromatic rings. The molecule has 2 heterocycles. The molecule has 0 saturated carbocycles. The van der Waals surface area contributed by atoms with Crippen LogP contribution in [0.5, 0.6) is 0 Å². The molecule has 30 heavy (non-hydrogen) atoms. The number of hydrogen-bond acceptors (Lipinski definition) is 9. The van der Waals surface area contributed by atoms with Crippen LogP contribution in [0.3, 0.4) is 0 Å². The van der Waals surface area contributed by atoms with Crippen LogP contribution in [0.2, 0.25) is 0 Å². The third-order valence-electron chi connectivity index (χ3n) is 4.25. The van der Waals surface area contributed by atoms with Gasteiger partial charge in [0, 0.05) is 19.5 Å². The molecule has 0 radical (unpaired) electrons. The number of nitrogens with zero attached hydrogens (tertiary/aromatic N) is 6. The molecule has 13 nitrogen and oxygen atoms in total. The number of benzene rings is 1. The number of aryl methyl sites for hydroxylation is 1. The van der Waals surface area contributed by atoms with Crippen LogP contribution in [0.1, 0.15) is 19.8 Å². The Morgan fingerprint density at radius 2 is 1.90 bits per heavy atom. The molecule has 0 aliphatic heterocycles. The summed E-state index contributed by atoms with van der Waals surface area (Å²) >= 11 is 0. The van der Waals surface area contributed by atoms with Gasteiger partial charge in [-0.25, -0.2) is 9.97 Å². The zero-order valence-corrected chi connectivity index (χ0v) is 15.8. The van der Waals surface area contributed by atoms with Crippen molar-refractivity contribution < 1.29 is 19.4 Å². The van der Waals surface area contributed by atoms with Crippen LogP contribution in [0.15, 0.2) is 35.6 Å². The summed E-state index contributed by atoms with van der Waals surface area (Å²) in [6, 6.07) is 2.98. The van der Waals surface area contributed by atoms with Crippen LogP contribution >= 0.6 is 0 Å². The van der Waals surface area contributed by atoms with Gasteiger partial charge < -0.3 is 9.30 Å². The van der Waals surface area contributed by atoms with Gasteiger partial charge in [0.1, 0.15) is 12.0 Å². The molecule has 0 unspecified atom stereocenters. The Morgan fingerprint density at radius 1 is 1.13 bits per heavy atom. The summed E-state index contributed by atoms with van der Waals surface area (Å²) in [4.78, 5) is 52.5. The number of rotatable bonds is 8. The monoisotopic (exact) mass is 416 g/mol. The molecule has 0 aliphatic rings. The van der Waals surface area contributed by atoms with Crippen molar-refractivity contribution in [1.29, 1.82) is 0 Å². The summed E-state index contributed by atoms with van der Waals surface area (Å²) in [5.74, 6) is -0.356. The number of nitro groups is 2. The number of carbonyl (C=O) groups is 1. The van der Waals surface area contributed by atoms with E-state index < -0.39 is 26.8 Å². The molecule has 2 aromatic heterocycles. The standard InChI is InChI=1S/C17H16N6O7/c1-11(24)30-7-3-2-6-20-9-18-15-16(20)19-10-21(17(15)25)13-5-4-12(22(26)27)8-14(13)23(28)29/h4-5,8-10H,2-3,6-7H2,1H3. The third kappa shape index (κ3) is 4.14. The molecule has 0 atom stereocenters. The number of fused-ring (bicyclic) bond motifs is 1. The lowest BCUT2D eigenvalue weighted by Gasteiger charge is -2.07. The summed E-state index contributed by atoms with van der Waals surface area (Å²) in [6.07, 6.45) is 3.82. The second-order valence-electron chi connectivity index (χ2n) is 6.26. The minimum atomic E-state index is -0.805. The average molecular weight is 416 g/mol. The Bertz CT molecular complexity index is 1200. The molecule has 13 heteroatoms. The Balaban J connectivity index is 1.92. The van der Waals surface area contributed by atoms with Crippen molar-refractivity contribution >= 4 is 28.5 Å². The van der Waals surface area contributed by atoms with Crippen LogP contribution in [-0.4, -0.2) is 41.5 Å². The molecule has 0 aliphatic carbocycles. The van der Waals surface area contributed by atoms with Crippen LogP contribution in [0.4, 0.5) is 11.4 Å². The van der Waals surface area contributed by atoms with Crippen LogP contribution in [-0.2, 0) is 16.1 Å². The van der Waals surface area contributed by atoms with E-state index in [4.69, 9.17) is 4.74 Å². The Labute approximate surface area is 167 Å². The van der Waals surface area contributed by atoms with Gasteiger partial charge in [0.15, 0.2) is 11.2 Å². The van der Waals surface area contributed by atoms with E-state index in [0.717, 1.165) is 29.1 Å². The second-order valence-corrected chi connectivity index (χ2v) is 6.26. The summed E-state index contributed by atoms with van der Waals surface area (Å²) in [6.45, 7) is 2.09. The van der Waals surface area contributed by atoms with Gasteiger partial charge in [-0.1, -0.05) is 0 Å². The fraction of sp³-hybridized carbons (Fsp3) is 0.294. The van der Waals surface area contributed by atoms with Gasteiger partial charge in [-0.2, -0.15) is 0 Å².